The molecule has 0 saturated heterocycles. The smallest absolute Gasteiger partial charge is 0.319 e. The Balaban J connectivity index is 1.94. The van der Waals surface area contributed by atoms with E-state index in [1.165, 1.54) is 0 Å². The first-order chi connectivity index (χ1) is 9.06. The van der Waals surface area contributed by atoms with Crippen LogP contribution >= 0.6 is 50.5 Å². The number of carbonyl (C=O) groups excluding carboxylic acids is 1. The van der Waals surface area contributed by atoms with Crippen molar-refractivity contribution in [2.24, 2.45) is 0 Å². The Morgan fingerprint density at radius 3 is 2.79 bits per heavy atom. The van der Waals surface area contributed by atoms with Gasteiger partial charge in [0.2, 0.25) is 0 Å². The lowest BCUT2D eigenvalue weighted by Crippen LogP contribution is -2.28. The summed E-state index contributed by atoms with van der Waals surface area (Å²) in [7, 11) is 0. The van der Waals surface area contributed by atoms with E-state index >= 15 is 0 Å². The van der Waals surface area contributed by atoms with Crippen molar-refractivity contribution in [3.8, 4) is 0 Å². The fourth-order valence-electron chi connectivity index (χ4n) is 1.37. The third-order valence-corrected chi connectivity index (χ3v) is 4.77. The number of urea groups is 1. The van der Waals surface area contributed by atoms with Crippen molar-refractivity contribution in [2.45, 2.75) is 6.54 Å². The molecule has 0 fully saturated rings. The Kier molecular flexibility index (Phi) is 5.10. The monoisotopic (exact) mass is 378 g/mol. The van der Waals surface area contributed by atoms with Crippen LogP contribution in [0.3, 0.4) is 0 Å². The van der Waals surface area contributed by atoms with E-state index in [0.29, 0.717) is 22.3 Å². The van der Waals surface area contributed by atoms with Gasteiger partial charge in [-0.05, 0) is 45.6 Å². The number of hydrogen-bond acceptors (Lipinski definition) is 2. The van der Waals surface area contributed by atoms with Gasteiger partial charge in [0.05, 0.1) is 17.3 Å². The van der Waals surface area contributed by atoms with E-state index in [1.807, 2.05) is 11.4 Å². The van der Waals surface area contributed by atoms with Crippen molar-refractivity contribution in [1.29, 1.82) is 0 Å². The summed E-state index contributed by atoms with van der Waals surface area (Å²) in [4.78, 5) is 12.8. The van der Waals surface area contributed by atoms with E-state index in [9.17, 15) is 4.79 Å². The zero-order chi connectivity index (χ0) is 13.8. The topological polar surface area (TPSA) is 41.1 Å². The average molecular weight is 380 g/mol. The van der Waals surface area contributed by atoms with Crippen LogP contribution in [0.15, 0.2) is 34.1 Å². The van der Waals surface area contributed by atoms with E-state index in [1.54, 1.807) is 29.5 Å². The normalized spacial score (nSPS) is 10.3. The van der Waals surface area contributed by atoms with Gasteiger partial charge in [-0.15, -0.1) is 11.3 Å². The molecule has 2 rings (SSSR count). The predicted molar refractivity (Wildman–Crippen MR) is 84.3 cm³/mol. The van der Waals surface area contributed by atoms with Crippen LogP contribution in [0.5, 0.6) is 0 Å². The van der Waals surface area contributed by atoms with Crippen molar-refractivity contribution >= 4 is 62.2 Å². The standard InChI is InChI=1S/C12H9BrCl2N2OS/c13-8-3-4-19-11(8)6-16-12(18)17-10-5-7(14)1-2-9(10)15/h1-5H,6H2,(H2,16,17,18). The summed E-state index contributed by atoms with van der Waals surface area (Å²) in [6.07, 6.45) is 0. The summed E-state index contributed by atoms with van der Waals surface area (Å²) in [6, 6.07) is 6.51. The Labute approximate surface area is 133 Å². The summed E-state index contributed by atoms with van der Waals surface area (Å²) in [6.45, 7) is 0.447. The largest absolute Gasteiger partial charge is 0.333 e. The van der Waals surface area contributed by atoms with Crippen molar-refractivity contribution in [3.05, 3.63) is 49.0 Å². The third-order valence-electron chi connectivity index (χ3n) is 2.28. The lowest BCUT2D eigenvalue weighted by atomic mass is 10.3. The quantitative estimate of drug-likeness (QED) is 0.761. The minimum atomic E-state index is -0.329. The maximum absolute atomic E-state index is 11.7. The van der Waals surface area contributed by atoms with Gasteiger partial charge in [0.15, 0.2) is 0 Å². The fraction of sp³-hybridized carbons (Fsp3) is 0.0833. The van der Waals surface area contributed by atoms with Crippen LogP contribution in [0.2, 0.25) is 10.0 Å². The zero-order valence-corrected chi connectivity index (χ0v) is 13.5. The molecule has 0 unspecified atom stereocenters. The van der Waals surface area contributed by atoms with E-state index < -0.39 is 0 Å². The van der Waals surface area contributed by atoms with Gasteiger partial charge >= 0.3 is 6.03 Å². The third kappa shape index (κ3) is 4.11. The number of nitrogens with one attached hydrogen (secondary N) is 2. The first-order valence-electron chi connectivity index (χ1n) is 5.28. The predicted octanol–water partition coefficient (Wildman–Crippen LogP) is 5.14. The second kappa shape index (κ2) is 6.61. The second-order valence-electron chi connectivity index (χ2n) is 3.62. The summed E-state index contributed by atoms with van der Waals surface area (Å²) >= 11 is 16.8. The highest BCUT2D eigenvalue weighted by Gasteiger charge is 2.07. The van der Waals surface area contributed by atoms with Gasteiger partial charge < -0.3 is 10.6 Å². The van der Waals surface area contributed by atoms with Gasteiger partial charge in [-0.3, -0.25) is 0 Å². The highest BCUT2D eigenvalue weighted by atomic mass is 79.9. The molecule has 0 bridgehead atoms. The van der Waals surface area contributed by atoms with Crippen LogP contribution < -0.4 is 10.6 Å². The minimum absolute atomic E-state index is 0.329. The highest BCUT2D eigenvalue weighted by molar-refractivity contribution is 9.10. The molecule has 1 aromatic carbocycles. The molecule has 2 aromatic rings. The number of rotatable bonds is 3. The number of thiophene rings is 1. The maximum atomic E-state index is 11.7. The summed E-state index contributed by atoms with van der Waals surface area (Å²) in [5.41, 5.74) is 0.483. The second-order valence-corrected chi connectivity index (χ2v) is 6.32. The van der Waals surface area contributed by atoms with Crippen LogP contribution in [-0.2, 0) is 6.54 Å². The van der Waals surface area contributed by atoms with Crippen LogP contribution in [0.4, 0.5) is 10.5 Å². The van der Waals surface area contributed by atoms with E-state index in [4.69, 9.17) is 23.2 Å². The SMILES string of the molecule is O=C(NCc1sccc1Br)Nc1cc(Cl)ccc1Cl. The fourth-order valence-corrected chi connectivity index (χ4v) is 3.14. The van der Waals surface area contributed by atoms with Gasteiger partial charge in [-0.25, -0.2) is 4.79 Å². The molecule has 0 aliphatic heterocycles. The molecule has 7 heteroatoms. The van der Waals surface area contributed by atoms with Crippen LogP contribution in [-0.4, -0.2) is 6.03 Å². The molecule has 0 aliphatic rings. The van der Waals surface area contributed by atoms with Gasteiger partial charge in [-0.2, -0.15) is 0 Å². The van der Waals surface area contributed by atoms with Crippen LogP contribution in [0.1, 0.15) is 4.88 Å². The molecule has 0 aliphatic carbocycles. The molecule has 0 spiro atoms. The summed E-state index contributed by atoms with van der Waals surface area (Å²) in [5.74, 6) is 0. The molecule has 3 nitrogen and oxygen atoms in total. The first kappa shape index (κ1) is 14.7. The molecule has 19 heavy (non-hydrogen) atoms. The minimum Gasteiger partial charge on any atom is -0.333 e. The van der Waals surface area contributed by atoms with Crippen LogP contribution in [0.25, 0.3) is 0 Å². The number of anilines is 1. The number of benzene rings is 1. The van der Waals surface area contributed by atoms with Gasteiger partial charge in [0.1, 0.15) is 0 Å². The average Bonchev–Trinajstić information content (AvgIpc) is 2.77. The first-order valence-corrected chi connectivity index (χ1v) is 7.71. The van der Waals surface area contributed by atoms with Crippen LogP contribution in [0, 0.1) is 0 Å². The molecule has 0 atom stereocenters. The number of amides is 2. The zero-order valence-electron chi connectivity index (χ0n) is 9.54. The molecule has 0 radical (unpaired) electrons. The van der Waals surface area contributed by atoms with Crippen molar-refractivity contribution < 1.29 is 4.79 Å². The molecule has 0 saturated carbocycles. The van der Waals surface area contributed by atoms with Crippen molar-refractivity contribution in [3.63, 3.8) is 0 Å². The van der Waals surface area contributed by atoms with Gasteiger partial charge in [-0.1, -0.05) is 23.2 Å². The highest BCUT2D eigenvalue weighted by Crippen LogP contribution is 2.25. The van der Waals surface area contributed by atoms with Gasteiger partial charge in [0.25, 0.3) is 0 Å². The number of hydrogen-bond donors (Lipinski definition) is 2. The molecule has 2 amide bonds. The molecular formula is C12H9BrCl2N2OS. The Morgan fingerprint density at radius 2 is 2.11 bits per heavy atom. The summed E-state index contributed by atoms with van der Waals surface area (Å²) in [5, 5.41) is 8.31. The van der Waals surface area contributed by atoms with E-state index in [-0.39, 0.29) is 6.03 Å². The Morgan fingerprint density at radius 1 is 1.32 bits per heavy atom. The Hall–Kier alpha value is -0.750. The number of halogens is 3. The molecule has 1 heterocycles. The lowest BCUT2D eigenvalue weighted by molar-refractivity contribution is 0.252. The molecule has 100 valence electrons. The Bertz CT molecular complexity index is 603. The maximum Gasteiger partial charge on any atom is 0.319 e. The van der Waals surface area contributed by atoms with E-state index in [2.05, 4.69) is 26.6 Å². The summed E-state index contributed by atoms with van der Waals surface area (Å²) < 4.78 is 0.985. The lowest BCUT2D eigenvalue weighted by Gasteiger charge is -2.09. The van der Waals surface area contributed by atoms with Crippen molar-refractivity contribution in [2.75, 3.05) is 5.32 Å². The van der Waals surface area contributed by atoms with Crippen molar-refractivity contribution in [1.82, 2.24) is 5.32 Å². The van der Waals surface area contributed by atoms with E-state index in [0.717, 1.165) is 9.35 Å². The van der Waals surface area contributed by atoms with Gasteiger partial charge in [0, 0.05) is 14.4 Å². The molecule has 2 N–H and O–H groups in total. The molecule has 1 aromatic heterocycles. The number of carbonyl (C=O) groups is 1. The molecular weight excluding hydrogens is 371 g/mol.